The van der Waals surface area contributed by atoms with E-state index in [4.69, 9.17) is 0 Å². The topological polar surface area (TPSA) is 98.7 Å². The minimum atomic E-state index is -3.60. The number of benzene rings is 1. The van der Waals surface area contributed by atoms with Crippen LogP contribution in [0.1, 0.15) is 30.3 Å². The average Bonchev–Trinajstić information content (AvgIpc) is 3.22. The fourth-order valence-electron chi connectivity index (χ4n) is 4.87. The lowest BCUT2D eigenvalue weighted by Gasteiger charge is -2.35. The predicted octanol–water partition coefficient (Wildman–Crippen LogP) is 1.56. The molecule has 4 heterocycles. The van der Waals surface area contributed by atoms with Crippen molar-refractivity contribution in [3.8, 4) is 0 Å². The molecule has 1 N–H and O–H groups in total. The first-order valence-electron chi connectivity index (χ1n) is 11.2. The SMILES string of the molecule is CCNc1cc(N2CCN(S(=O)(=O)c3cc4c5c(c3)CCN5C(=O)CC4)CC2)nc(C)n1. The van der Waals surface area contributed by atoms with E-state index in [1.807, 2.05) is 24.8 Å². The molecule has 0 saturated carbocycles. The van der Waals surface area contributed by atoms with Crippen molar-refractivity contribution in [3.05, 3.63) is 35.2 Å². The summed E-state index contributed by atoms with van der Waals surface area (Å²) < 4.78 is 28.5. The second-order valence-electron chi connectivity index (χ2n) is 8.47. The molecule has 0 spiro atoms. The fourth-order valence-corrected chi connectivity index (χ4v) is 6.39. The summed E-state index contributed by atoms with van der Waals surface area (Å²) >= 11 is 0. The number of nitrogens with zero attached hydrogens (tertiary/aromatic N) is 5. The number of carbonyl (C=O) groups is 1. The lowest BCUT2D eigenvalue weighted by Crippen LogP contribution is -2.49. The predicted molar refractivity (Wildman–Crippen MR) is 123 cm³/mol. The van der Waals surface area contributed by atoms with Gasteiger partial charge < -0.3 is 15.1 Å². The summed E-state index contributed by atoms with van der Waals surface area (Å²) in [5.41, 5.74) is 2.89. The number of hydrogen-bond acceptors (Lipinski definition) is 7. The highest BCUT2D eigenvalue weighted by Crippen LogP contribution is 2.39. The molecule has 0 atom stereocenters. The molecule has 0 bridgehead atoms. The zero-order valence-electron chi connectivity index (χ0n) is 18.5. The molecule has 3 aliphatic rings. The van der Waals surface area contributed by atoms with Gasteiger partial charge in [0.2, 0.25) is 15.9 Å². The first kappa shape index (κ1) is 21.1. The first-order valence-corrected chi connectivity index (χ1v) is 12.6. The molecule has 3 aliphatic heterocycles. The Balaban J connectivity index is 1.35. The Morgan fingerprint density at radius 1 is 0.969 bits per heavy atom. The van der Waals surface area contributed by atoms with Crippen molar-refractivity contribution in [2.45, 2.75) is 38.0 Å². The van der Waals surface area contributed by atoms with Crippen molar-refractivity contribution < 1.29 is 13.2 Å². The molecule has 1 aromatic heterocycles. The van der Waals surface area contributed by atoms with E-state index in [2.05, 4.69) is 20.2 Å². The summed E-state index contributed by atoms with van der Waals surface area (Å²) in [5, 5.41) is 3.22. The third-order valence-electron chi connectivity index (χ3n) is 6.41. The van der Waals surface area contributed by atoms with Gasteiger partial charge in [0.25, 0.3) is 0 Å². The van der Waals surface area contributed by atoms with Crippen LogP contribution in [-0.4, -0.2) is 67.9 Å². The second-order valence-corrected chi connectivity index (χ2v) is 10.4. The van der Waals surface area contributed by atoms with Crippen molar-refractivity contribution in [1.29, 1.82) is 0 Å². The van der Waals surface area contributed by atoms with Crippen molar-refractivity contribution in [2.24, 2.45) is 0 Å². The summed E-state index contributed by atoms with van der Waals surface area (Å²) in [7, 11) is -3.60. The number of carbonyl (C=O) groups excluding carboxylic acids is 1. The van der Waals surface area contributed by atoms with Crippen molar-refractivity contribution in [3.63, 3.8) is 0 Å². The van der Waals surface area contributed by atoms with Gasteiger partial charge in [-0.3, -0.25) is 4.79 Å². The molecule has 0 unspecified atom stereocenters. The maximum Gasteiger partial charge on any atom is 0.243 e. The third kappa shape index (κ3) is 3.61. The summed E-state index contributed by atoms with van der Waals surface area (Å²) in [5.74, 6) is 2.43. The zero-order chi connectivity index (χ0) is 22.5. The molecule has 10 heteroatoms. The van der Waals surface area contributed by atoms with Crippen LogP contribution in [0.5, 0.6) is 0 Å². The van der Waals surface area contributed by atoms with Crippen LogP contribution in [0.3, 0.4) is 0 Å². The Morgan fingerprint density at radius 3 is 2.41 bits per heavy atom. The number of rotatable bonds is 5. The van der Waals surface area contributed by atoms with E-state index in [0.29, 0.717) is 62.7 Å². The van der Waals surface area contributed by atoms with E-state index in [9.17, 15) is 13.2 Å². The first-order chi connectivity index (χ1) is 15.4. The maximum atomic E-state index is 13.4. The van der Waals surface area contributed by atoms with E-state index in [-0.39, 0.29) is 5.91 Å². The third-order valence-corrected chi connectivity index (χ3v) is 8.28. The van der Waals surface area contributed by atoms with Gasteiger partial charge in [-0.2, -0.15) is 4.31 Å². The lowest BCUT2D eigenvalue weighted by atomic mass is 10.00. The molecule has 0 aliphatic carbocycles. The minimum Gasteiger partial charge on any atom is -0.370 e. The van der Waals surface area contributed by atoms with E-state index >= 15 is 0 Å². The van der Waals surface area contributed by atoms with Gasteiger partial charge in [-0.15, -0.1) is 0 Å². The molecule has 1 fully saturated rings. The van der Waals surface area contributed by atoms with Crippen LogP contribution in [0, 0.1) is 6.92 Å². The highest BCUT2D eigenvalue weighted by molar-refractivity contribution is 7.89. The molecular formula is C22H28N6O3S. The lowest BCUT2D eigenvalue weighted by molar-refractivity contribution is -0.118. The van der Waals surface area contributed by atoms with Crippen LogP contribution in [0.2, 0.25) is 0 Å². The Morgan fingerprint density at radius 2 is 1.69 bits per heavy atom. The number of nitrogens with one attached hydrogen (secondary N) is 1. The van der Waals surface area contributed by atoms with Gasteiger partial charge in [-0.25, -0.2) is 18.4 Å². The van der Waals surface area contributed by atoms with Gasteiger partial charge >= 0.3 is 0 Å². The summed E-state index contributed by atoms with van der Waals surface area (Å²) in [4.78, 5) is 25.4. The van der Waals surface area contributed by atoms with Crippen molar-refractivity contribution in [1.82, 2.24) is 14.3 Å². The zero-order valence-corrected chi connectivity index (χ0v) is 19.3. The molecule has 5 rings (SSSR count). The number of piperazine rings is 1. The second kappa shape index (κ2) is 8.00. The molecular weight excluding hydrogens is 428 g/mol. The number of aromatic nitrogens is 2. The van der Waals surface area contributed by atoms with Crippen molar-refractivity contribution >= 4 is 33.3 Å². The van der Waals surface area contributed by atoms with E-state index < -0.39 is 10.0 Å². The molecule has 1 amide bonds. The maximum absolute atomic E-state index is 13.4. The average molecular weight is 457 g/mol. The summed E-state index contributed by atoms with van der Waals surface area (Å²) in [6.45, 7) is 7.25. The van der Waals surface area contributed by atoms with Gasteiger partial charge in [-0.05, 0) is 49.9 Å². The van der Waals surface area contributed by atoms with Gasteiger partial charge in [0.05, 0.1) is 10.6 Å². The number of sulfonamides is 1. The van der Waals surface area contributed by atoms with Crippen LogP contribution >= 0.6 is 0 Å². The van der Waals surface area contributed by atoms with Gasteiger partial charge in [-0.1, -0.05) is 0 Å². The van der Waals surface area contributed by atoms with Crippen LogP contribution < -0.4 is 15.1 Å². The highest BCUT2D eigenvalue weighted by atomic mass is 32.2. The molecule has 1 aromatic carbocycles. The number of hydrogen-bond donors (Lipinski definition) is 1. The van der Waals surface area contributed by atoms with E-state index in [1.165, 1.54) is 0 Å². The Hall–Kier alpha value is -2.72. The molecule has 2 aromatic rings. The number of amides is 1. The van der Waals surface area contributed by atoms with Gasteiger partial charge in [0.15, 0.2) is 0 Å². The monoisotopic (exact) mass is 456 g/mol. The molecule has 1 saturated heterocycles. The summed E-state index contributed by atoms with van der Waals surface area (Å²) in [6.07, 6.45) is 1.77. The Kier molecular flexibility index (Phi) is 5.29. The van der Waals surface area contributed by atoms with Gasteiger partial charge in [0.1, 0.15) is 17.5 Å². The fraction of sp³-hybridized carbons (Fsp3) is 0.500. The standard InChI is InChI=1S/C22H28N6O3S/c1-3-23-19-14-20(25-15(2)24-19)26-8-10-27(11-9-26)32(30,31)18-12-16-4-5-21(29)28-7-6-17(13-18)22(16)28/h12-14H,3-11H2,1-2H3,(H,23,24,25). The van der Waals surface area contributed by atoms with Crippen LogP contribution in [0.25, 0.3) is 0 Å². The molecule has 170 valence electrons. The molecule has 0 radical (unpaired) electrons. The minimum absolute atomic E-state index is 0.139. The Labute approximate surface area is 188 Å². The number of aryl methyl sites for hydroxylation is 2. The van der Waals surface area contributed by atoms with Crippen molar-refractivity contribution in [2.75, 3.05) is 54.4 Å². The van der Waals surface area contributed by atoms with E-state index in [0.717, 1.165) is 35.0 Å². The van der Waals surface area contributed by atoms with Crippen LogP contribution in [0.15, 0.2) is 23.1 Å². The number of anilines is 3. The smallest absolute Gasteiger partial charge is 0.243 e. The van der Waals surface area contributed by atoms with E-state index in [1.54, 1.807) is 16.4 Å². The van der Waals surface area contributed by atoms with Crippen LogP contribution in [-0.2, 0) is 27.7 Å². The Bertz CT molecular complexity index is 1170. The highest BCUT2D eigenvalue weighted by Gasteiger charge is 2.35. The van der Waals surface area contributed by atoms with Crippen LogP contribution in [0.4, 0.5) is 17.3 Å². The molecule has 32 heavy (non-hydrogen) atoms. The normalized spacial score (nSPS) is 18.8. The van der Waals surface area contributed by atoms with Gasteiger partial charge in [0, 0.05) is 51.8 Å². The quantitative estimate of drug-likeness (QED) is 0.729. The summed E-state index contributed by atoms with van der Waals surface area (Å²) in [6, 6.07) is 5.47. The molecule has 9 nitrogen and oxygen atoms in total. The largest absolute Gasteiger partial charge is 0.370 e.